The molecule has 1 atom stereocenters. The molecule has 0 bridgehead atoms. The Morgan fingerprint density at radius 2 is 1.96 bits per heavy atom. The van der Waals surface area contributed by atoms with E-state index in [0.29, 0.717) is 25.2 Å². The van der Waals surface area contributed by atoms with Crippen LogP contribution in [0, 0.1) is 5.92 Å². The first kappa shape index (κ1) is 16.9. The van der Waals surface area contributed by atoms with Crippen LogP contribution >= 0.6 is 11.3 Å². The summed E-state index contributed by atoms with van der Waals surface area (Å²) in [6.45, 7) is 1.38. The zero-order chi connectivity index (χ0) is 16.8. The molecule has 0 N–H and O–H groups in total. The van der Waals surface area contributed by atoms with Gasteiger partial charge in [-0.15, -0.1) is 11.3 Å². The molecular formula is C20H23NO2S. The summed E-state index contributed by atoms with van der Waals surface area (Å²) < 4.78 is 0. The number of amides is 1. The predicted octanol–water partition coefficient (Wildman–Crippen LogP) is 3.73. The van der Waals surface area contributed by atoms with Crippen LogP contribution in [0.15, 0.2) is 47.8 Å². The van der Waals surface area contributed by atoms with Crippen LogP contribution in [-0.4, -0.2) is 29.7 Å². The molecule has 1 aromatic carbocycles. The van der Waals surface area contributed by atoms with E-state index in [1.807, 2.05) is 40.6 Å². The lowest BCUT2D eigenvalue weighted by atomic mass is 9.90. The zero-order valence-corrected chi connectivity index (χ0v) is 14.6. The van der Waals surface area contributed by atoms with E-state index >= 15 is 0 Å². The predicted molar refractivity (Wildman–Crippen MR) is 97.1 cm³/mol. The number of carbonyl (C=O) groups is 2. The van der Waals surface area contributed by atoms with Crippen LogP contribution in [0.5, 0.6) is 0 Å². The van der Waals surface area contributed by atoms with Crippen LogP contribution in [0.25, 0.3) is 0 Å². The van der Waals surface area contributed by atoms with Crippen molar-refractivity contribution in [2.24, 2.45) is 5.92 Å². The Morgan fingerprint density at radius 1 is 1.12 bits per heavy atom. The maximum absolute atomic E-state index is 12.5. The quantitative estimate of drug-likeness (QED) is 0.803. The van der Waals surface area contributed by atoms with E-state index in [2.05, 4.69) is 12.1 Å². The van der Waals surface area contributed by atoms with E-state index in [1.165, 1.54) is 5.56 Å². The van der Waals surface area contributed by atoms with Crippen molar-refractivity contribution >= 4 is 23.0 Å². The van der Waals surface area contributed by atoms with Gasteiger partial charge in [0, 0.05) is 30.3 Å². The Morgan fingerprint density at radius 3 is 2.71 bits per heavy atom. The van der Waals surface area contributed by atoms with E-state index in [1.54, 1.807) is 11.3 Å². The second-order valence-corrected chi connectivity index (χ2v) is 7.42. The van der Waals surface area contributed by atoms with Crippen LogP contribution in [0.4, 0.5) is 0 Å². The standard InChI is InChI=1S/C20H23NO2S/c22-19(11-10-16-6-2-1-3-7-16)17-8-4-12-21(15-17)20(23)14-18-9-5-13-24-18/h1-3,5-7,9,13,17H,4,8,10-12,14-15H2/t17-/m1/s1. The molecule has 0 spiro atoms. The molecule has 0 aliphatic carbocycles. The summed E-state index contributed by atoms with van der Waals surface area (Å²) in [7, 11) is 0. The number of piperidine rings is 1. The number of ketones is 1. The summed E-state index contributed by atoms with van der Waals surface area (Å²) in [6.07, 6.45) is 3.66. The number of rotatable bonds is 6. The second kappa shape index (κ2) is 8.25. The van der Waals surface area contributed by atoms with E-state index in [4.69, 9.17) is 0 Å². The van der Waals surface area contributed by atoms with Crippen molar-refractivity contribution in [1.82, 2.24) is 4.90 Å². The van der Waals surface area contributed by atoms with E-state index < -0.39 is 0 Å². The van der Waals surface area contributed by atoms with E-state index in [-0.39, 0.29) is 11.8 Å². The third-order valence-corrected chi connectivity index (χ3v) is 5.51. The summed E-state index contributed by atoms with van der Waals surface area (Å²) in [5.74, 6) is 0.459. The van der Waals surface area contributed by atoms with Gasteiger partial charge in [-0.05, 0) is 36.3 Å². The van der Waals surface area contributed by atoms with Crippen LogP contribution in [0.3, 0.4) is 0 Å². The molecule has 1 aromatic heterocycles. The number of carbonyl (C=O) groups excluding carboxylic acids is 2. The number of likely N-dealkylation sites (tertiary alicyclic amines) is 1. The van der Waals surface area contributed by atoms with Gasteiger partial charge in [0.1, 0.15) is 5.78 Å². The highest BCUT2D eigenvalue weighted by atomic mass is 32.1. The van der Waals surface area contributed by atoms with Gasteiger partial charge < -0.3 is 4.90 Å². The molecule has 4 heteroatoms. The van der Waals surface area contributed by atoms with Gasteiger partial charge in [0.2, 0.25) is 5.91 Å². The molecule has 0 saturated carbocycles. The minimum absolute atomic E-state index is 0.00903. The van der Waals surface area contributed by atoms with Gasteiger partial charge in [0.25, 0.3) is 0 Å². The Labute approximate surface area is 147 Å². The SMILES string of the molecule is O=C(CCc1ccccc1)[C@@H]1CCCN(C(=O)Cc2cccs2)C1. The summed E-state index contributed by atoms with van der Waals surface area (Å²) in [4.78, 5) is 27.9. The number of hydrogen-bond acceptors (Lipinski definition) is 3. The molecule has 1 amide bonds. The summed E-state index contributed by atoms with van der Waals surface area (Å²) in [6, 6.07) is 14.1. The maximum atomic E-state index is 12.5. The Hall–Kier alpha value is -1.94. The molecule has 0 radical (unpaired) electrons. The lowest BCUT2D eigenvalue weighted by Gasteiger charge is -2.32. The Bertz CT molecular complexity index is 666. The molecular weight excluding hydrogens is 318 g/mol. The number of benzene rings is 1. The number of Topliss-reactive ketones (excluding diaryl/α,β-unsaturated/α-hetero) is 1. The molecule has 24 heavy (non-hydrogen) atoms. The van der Waals surface area contributed by atoms with Crippen molar-refractivity contribution < 1.29 is 9.59 Å². The van der Waals surface area contributed by atoms with Gasteiger partial charge in [-0.1, -0.05) is 36.4 Å². The van der Waals surface area contributed by atoms with Crippen molar-refractivity contribution in [3.63, 3.8) is 0 Å². The molecule has 1 aliphatic rings. The lowest BCUT2D eigenvalue weighted by molar-refractivity contribution is -0.134. The molecule has 126 valence electrons. The molecule has 0 unspecified atom stereocenters. The fourth-order valence-corrected chi connectivity index (χ4v) is 3.95. The average Bonchev–Trinajstić information content (AvgIpc) is 3.13. The van der Waals surface area contributed by atoms with Crippen molar-refractivity contribution in [3.05, 3.63) is 58.3 Å². The lowest BCUT2D eigenvalue weighted by Crippen LogP contribution is -2.43. The molecule has 3 rings (SSSR count). The highest BCUT2D eigenvalue weighted by molar-refractivity contribution is 7.10. The monoisotopic (exact) mass is 341 g/mol. The van der Waals surface area contributed by atoms with Gasteiger partial charge in [-0.3, -0.25) is 9.59 Å². The number of aryl methyl sites for hydroxylation is 1. The summed E-state index contributed by atoms with van der Waals surface area (Å²) in [5, 5.41) is 1.99. The Kier molecular flexibility index (Phi) is 5.81. The summed E-state index contributed by atoms with van der Waals surface area (Å²) in [5.41, 5.74) is 1.20. The first-order chi connectivity index (χ1) is 11.7. The zero-order valence-electron chi connectivity index (χ0n) is 13.8. The third kappa shape index (κ3) is 4.54. The smallest absolute Gasteiger partial charge is 0.227 e. The second-order valence-electron chi connectivity index (χ2n) is 6.39. The van der Waals surface area contributed by atoms with Crippen LogP contribution in [-0.2, 0) is 22.4 Å². The normalized spacial score (nSPS) is 17.7. The van der Waals surface area contributed by atoms with E-state index in [0.717, 1.165) is 30.7 Å². The fourth-order valence-electron chi connectivity index (χ4n) is 3.26. The van der Waals surface area contributed by atoms with Gasteiger partial charge in [-0.25, -0.2) is 0 Å². The van der Waals surface area contributed by atoms with E-state index in [9.17, 15) is 9.59 Å². The highest BCUT2D eigenvalue weighted by Crippen LogP contribution is 2.21. The minimum Gasteiger partial charge on any atom is -0.342 e. The van der Waals surface area contributed by atoms with Crippen LogP contribution < -0.4 is 0 Å². The molecule has 1 saturated heterocycles. The molecule has 1 fully saturated rings. The van der Waals surface area contributed by atoms with Gasteiger partial charge in [0.05, 0.1) is 6.42 Å². The summed E-state index contributed by atoms with van der Waals surface area (Å²) >= 11 is 1.61. The highest BCUT2D eigenvalue weighted by Gasteiger charge is 2.28. The van der Waals surface area contributed by atoms with Gasteiger partial charge in [-0.2, -0.15) is 0 Å². The molecule has 2 aromatic rings. The van der Waals surface area contributed by atoms with Crippen molar-refractivity contribution in [2.75, 3.05) is 13.1 Å². The number of thiophene rings is 1. The van der Waals surface area contributed by atoms with Crippen molar-refractivity contribution in [1.29, 1.82) is 0 Å². The van der Waals surface area contributed by atoms with Crippen LogP contribution in [0.1, 0.15) is 29.7 Å². The largest absolute Gasteiger partial charge is 0.342 e. The molecule has 3 nitrogen and oxygen atoms in total. The van der Waals surface area contributed by atoms with Gasteiger partial charge in [0.15, 0.2) is 0 Å². The average molecular weight is 341 g/mol. The first-order valence-electron chi connectivity index (χ1n) is 8.59. The third-order valence-electron chi connectivity index (χ3n) is 4.64. The van der Waals surface area contributed by atoms with Crippen LogP contribution in [0.2, 0.25) is 0 Å². The number of hydrogen-bond donors (Lipinski definition) is 0. The molecule has 2 heterocycles. The topological polar surface area (TPSA) is 37.4 Å². The van der Waals surface area contributed by atoms with Gasteiger partial charge >= 0.3 is 0 Å². The Balaban J connectivity index is 1.51. The molecule has 1 aliphatic heterocycles. The first-order valence-corrected chi connectivity index (χ1v) is 9.47. The number of nitrogens with zero attached hydrogens (tertiary/aromatic N) is 1. The fraction of sp³-hybridized carbons (Fsp3) is 0.400. The van der Waals surface area contributed by atoms with Crippen molar-refractivity contribution in [2.45, 2.75) is 32.1 Å². The van der Waals surface area contributed by atoms with Crippen molar-refractivity contribution in [3.8, 4) is 0 Å². The maximum Gasteiger partial charge on any atom is 0.227 e. The minimum atomic E-state index is 0.00903.